The van der Waals surface area contributed by atoms with Crippen molar-refractivity contribution in [2.24, 2.45) is 0 Å². The van der Waals surface area contributed by atoms with E-state index in [1.54, 1.807) is 0 Å². The molecule has 86 valence electrons. The summed E-state index contributed by atoms with van der Waals surface area (Å²) >= 11 is 0. The minimum atomic E-state index is -0.225. The standard InChI is InChI=1S/C12H21NO2/c1-13(10-6-4-8-12(10)15)9-5-2-3-7-11(9)14/h9-11,14H,2-8H2,1H3. The number of rotatable bonds is 2. The lowest BCUT2D eigenvalue weighted by molar-refractivity contribution is -0.123. The third-order valence-corrected chi connectivity index (χ3v) is 3.98. The van der Waals surface area contributed by atoms with E-state index in [0.717, 1.165) is 38.5 Å². The predicted octanol–water partition coefficient (Wildman–Crippen LogP) is 1.34. The lowest BCUT2D eigenvalue weighted by atomic mass is 9.90. The Bertz CT molecular complexity index is 242. The SMILES string of the molecule is CN(C1CCCC1=O)C1CCCCC1O. The summed E-state index contributed by atoms with van der Waals surface area (Å²) in [6, 6.07) is 0.300. The first-order chi connectivity index (χ1) is 7.20. The third-order valence-electron chi connectivity index (χ3n) is 3.98. The van der Waals surface area contributed by atoms with Crippen LogP contribution >= 0.6 is 0 Å². The molecule has 1 N–H and O–H groups in total. The molecule has 2 aliphatic rings. The second kappa shape index (κ2) is 4.62. The zero-order valence-electron chi connectivity index (χ0n) is 9.48. The van der Waals surface area contributed by atoms with Crippen molar-refractivity contribution >= 4 is 5.78 Å². The molecule has 0 radical (unpaired) electrons. The maximum absolute atomic E-state index is 11.6. The number of nitrogens with zero attached hydrogens (tertiary/aromatic N) is 1. The largest absolute Gasteiger partial charge is 0.391 e. The molecule has 0 bridgehead atoms. The number of hydrogen-bond acceptors (Lipinski definition) is 3. The molecule has 3 heteroatoms. The average Bonchev–Trinajstić information content (AvgIpc) is 2.64. The van der Waals surface area contributed by atoms with Gasteiger partial charge in [0.1, 0.15) is 5.78 Å². The fraction of sp³-hybridized carbons (Fsp3) is 0.917. The van der Waals surface area contributed by atoms with Gasteiger partial charge in [0, 0.05) is 12.5 Å². The smallest absolute Gasteiger partial charge is 0.149 e. The van der Waals surface area contributed by atoms with Crippen molar-refractivity contribution < 1.29 is 9.90 Å². The van der Waals surface area contributed by atoms with Crippen LogP contribution < -0.4 is 0 Å². The summed E-state index contributed by atoms with van der Waals surface area (Å²) in [5, 5.41) is 9.93. The normalized spacial score (nSPS) is 37.5. The lowest BCUT2D eigenvalue weighted by Crippen LogP contribution is -2.49. The third kappa shape index (κ3) is 2.23. The Labute approximate surface area is 91.5 Å². The van der Waals surface area contributed by atoms with Crippen LogP contribution in [0.4, 0.5) is 0 Å². The molecule has 2 fully saturated rings. The molecule has 0 aromatic heterocycles. The summed E-state index contributed by atoms with van der Waals surface area (Å²) in [7, 11) is 2.01. The first-order valence-corrected chi connectivity index (χ1v) is 6.13. The van der Waals surface area contributed by atoms with E-state index in [1.807, 2.05) is 7.05 Å². The van der Waals surface area contributed by atoms with Crippen molar-refractivity contribution in [1.29, 1.82) is 0 Å². The van der Waals surface area contributed by atoms with Gasteiger partial charge in [0.25, 0.3) is 0 Å². The highest BCUT2D eigenvalue weighted by Gasteiger charge is 2.35. The van der Waals surface area contributed by atoms with Gasteiger partial charge in [-0.2, -0.15) is 0 Å². The average molecular weight is 211 g/mol. The number of aliphatic hydroxyl groups is 1. The van der Waals surface area contributed by atoms with E-state index in [1.165, 1.54) is 6.42 Å². The van der Waals surface area contributed by atoms with Crippen LogP contribution in [0.5, 0.6) is 0 Å². The molecular formula is C12H21NO2. The fourth-order valence-electron chi connectivity index (χ4n) is 3.03. The minimum Gasteiger partial charge on any atom is -0.391 e. The van der Waals surface area contributed by atoms with Gasteiger partial charge in [0.05, 0.1) is 12.1 Å². The first-order valence-electron chi connectivity index (χ1n) is 6.13. The number of ketones is 1. The van der Waals surface area contributed by atoms with Gasteiger partial charge in [-0.3, -0.25) is 9.69 Å². The summed E-state index contributed by atoms with van der Waals surface area (Å²) in [4.78, 5) is 13.8. The van der Waals surface area contributed by atoms with Crippen molar-refractivity contribution in [2.45, 2.75) is 63.1 Å². The van der Waals surface area contributed by atoms with Crippen molar-refractivity contribution in [2.75, 3.05) is 7.05 Å². The second-order valence-corrected chi connectivity index (χ2v) is 4.96. The number of hydrogen-bond donors (Lipinski definition) is 1. The Balaban J connectivity index is 1.99. The Morgan fingerprint density at radius 2 is 1.93 bits per heavy atom. The molecule has 0 amide bonds. The topological polar surface area (TPSA) is 40.5 Å². The van der Waals surface area contributed by atoms with E-state index in [2.05, 4.69) is 4.90 Å². The van der Waals surface area contributed by atoms with Crippen LogP contribution in [0.25, 0.3) is 0 Å². The minimum absolute atomic E-state index is 0.0859. The molecule has 2 rings (SSSR count). The lowest BCUT2D eigenvalue weighted by Gasteiger charge is -2.38. The van der Waals surface area contributed by atoms with Gasteiger partial charge in [-0.05, 0) is 32.7 Å². The van der Waals surface area contributed by atoms with Gasteiger partial charge in [0.2, 0.25) is 0 Å². The van der Waals surface area contributed by atoms with Crippen molar-refractivity contribution in [3.8, 4) is 0 Å². The molecule has 3 atom stereocenters. The van der Waals surface area contributed by atoms with Gasteiger partial charge in [0.15, 0.2) is 0 Å². The molecule has 3 nitrogen and oxygen atoms in total. The van der Waals surface area contributed by atoms with E-state index in [0.29, 0.717) is 5.78 Å². The van der Waals surface area contributed by atoms with Crippen LogP contribution in [0.1, 0.15) is 44.9 Å². The molecule has 0 aromatic carbocycles. The summed E-state index contributed by atoms with van der Waals surface area (Å²) in [6.45, 7) is 0. The number of Topliss-reactive ketones (excluding diaryl/α,β-unsaturated/α-hetero) is 1. The van der Waals surface area contributed by atoms with Crippen molar-refractivity contribution in [3.63, 3.8) is 0 Å². The monoisotopic (exact) mass is 211 g/mol. The zero-order chi connectivity index (χ0) is 10.8. The molecule has 15 heavy (non-hydrogen) atoms. The van der Waals surface area contributed by atoms with Gasteiger partial charge >= 0.3 is 0 Å². The highest BCUT2D eigenvalue weighted by molar-refractivity contribution is 5.85. The maximum Gasteiger partial charge on any atom is 0.149 e. The first kappa shape index (κ1) is 11.1. The summed E-state index contributed by atoms with van der Waals surface area (Å²) < 4.78 is 0. The fourth-order valence-corrected chi connectivity index (χ4v) is 3.03. The number of carbonyl (C=O) groups excluding carboxylic acids is 1. The van der Waals surface area contributed by atoms with Crippen LogP contribution in [0, 0.1) is 0 Å². The molecule has 0 saturated heterocycles. The van der Waals surface area contributed by atoms with E-state index in [4.69, 9.17) is 0 Å². The number of carbonyl (C=O) groups is 1. The highest BCUT2D eigenvalue weighted by Crippen LogP contribution is 2.28. The van der Waals surface area contributed by atoms with E-state index in [-0.39, 0.29) is 18.2 Å². The van der Waals surface area contributed by atoms with Gasteiger partial charge < -0.3 is 5.11 Å². The Kier molecular flexibility index (Phi) is 3.42. The number of aliphatic hydroxyl groups excluding tert-OH is 1. The van der Waals surface area contributed by atoms with Crippen molar-refractivity contribution in [3.05, 3.63) is 0 Å². The van der Waals surface area contributed by atoms with Crippen LogP contribution in [0.15, 0.2) is 0 Å². The van der Waals surface area contributed by atoms with Crippen LogP contribution in [0.2, 0.25) is 0 Å². The van der Waals surface area contributed by atoms with Crippen LogP contribution in [-0.4, -0.2) is 41.0 Å². The summed E-state index contributed by atoms with van der Waals surface area (Å²) in [5.41, 5.74) is 0. The van der Waals surface area contributed by atoms with E-state index in [9.17, 15) is 9.90 Å². The molecule has 2 saturated carbocycles. The summed E-state index contributed by atoms with van der Waals surface area (Å²) in [5.74, 6) is 0.371. The Hall–Kier alpha value is -0.410. The van der Waals surface area contributed by atoms with Gasteiger partial charge in [-0.25, -0.2) is 0 Å². The van der Waals surface area contributed by atoms with Crippen LogP contribution in [0.3, 0.4) is 0 Å². The molecule has 3 unspecified atom stereocenters. The maximum atomic E-state index is 11.6. The highest BCUT2D eigenvalue weighted by atomic mass is 16.3. The van der Waals surface area contributed by atoms with Gasteiger partial charge in [-0.1, -0.05) is 12.8 Å². The molecular weight excluding hydrogens is 190 g/mol. The molecule has 0 spiro atoms. The van der Waals surface area contributed by atoms with Gasteiger partial charge in [-0.15, -0.1) is 0 Å². The van der Waals surface area contributed by atoms with E-state index < -0.39 is 0 Å². The predicted molar refractivity (Wildman–Crippen MR) is 58.7 cm³/mol. The molecule has 0 heterocycles. The molecule has 0 aromatic rings. The Morgan fingerprint density at radius 3 is 2.53 bits per heavy atom. The Morgan fingerprint density at radius 1 is 1.20 bits per heavy atom. The zero-order valence-corrected chi connectivity index (χ0v) is 9.48. The van der Waals surface area contributed by atoms with E-state index >= 15 is 0 Å². The van der Waals surface area contributed by atoms with Crippen LogP contribution in [-0.2, 0) is 4.79 Å². The second-order valence-electron chi connectivity index (χ2n) is 4.96. The quantitative estimate of drug-likeness (QED) is 0.749. The summed E-state index contributed by atoms with van der Waals surface area (Å²) in [6.07, 6.45) is 6.78. The number of likely N-dealkylation sites (N-methyl/N-ethyl adjacent to an activating group) is 1. The molecule has 2 aliphatic carbocycles. The molecule has 0 aliphatic heterocycles. The van der Waals surface area contributed by atoms with Crippen molar-refractivity contribution in [1.82, 2.24) is 4.90 Å².